The van der Waals surface area contributed by atoms with Gasteiger partial charge in [0.1, 0.15) is 11.5 Å². The molecular formula is C28H24N2O4S. The van der Waals surface area contributed by atoms with Crippen LogP contribution in [0.15, 0.2) is 105 Å². The average molecular weight is 485 g/mol. The summed E-state index contributed by atoms with van der Waals surface area (Å²) in [6.07, 6.45) is 1.44. The van der Waals surface area contributed by atoms with Gasteiger partial charge >= 0.3 is 5.97 Å². The summed E-state index contributed by atoms with van der Waals surface area (Å²) in [6.45, 7) is 2.10. The van der Waals surface area contributed by atoms with E-state index in [0.29, 0.717) is 29.3 Å². The number of nitrogens with zero attached hydrogens (tertiary/aromatic N) is 1. The van der Waals surface area contributed by atoms with Gasteiger partial charge in [-0.15, -0.1) is 11.8 Å². The van der Waals surface area contributed by atoms with Crippen molar-refractivity contribution >= 4 is 29.9 Å². The number of carbonyl (C=O) groups is 2. The van der Waals surface area contributed by atoms with Crippen LogP contribution in [-0.4, -0.2) is 24.7 Å². The van der Waals surface area contributed by atoms with Gasteiger partial charge in [-0.2, -0.15) is 5.10 Å². The number of nitrogens with one attached hydrogen (secondary N) is 1. The highest BCUT2D eigenvalue weighted by Gasteiger charge is 2.09. The van der Waals surface area contributed by atoms with Gasteiger partial charge in [-0.25, -0.2) is 10.2 Å². The minimum absolute atomic E-state index is 0.301. The molecule has 0 spiro atoms. The molecular weight excluding hydrogens is 460 g/mol. The Balaban J connectivity index is 1.29. The molecule has 0 saturated heterocycles. The first kappa shape index (κ1) is 24.0. The molecule has 0 radical (unpaired) electrons. The first-order valence-electron chi connectivity index (χ1n) is 11.1. The van der Waals surface area contributed by atoms with E-state index in [0.717, 1.165) is 16.9 Å². The third kappa shape index (κ3) is 6.71. The largest absolute Gasteiger partial charge is 0.462 e. The molecule has 0 unspecified atom stereocenters. The molecule has 3 aromatic carbocycles. The molecule has 0 bridgehead atoms. The molecule has 0 atom stereocenters. The Morgan fingerprint density at radius 2 is 1.63 bits per heavy atom. The number of furan rings is 1. The van der Waals surface area contributed by atoms with Crippen molar-refractivity contribution in [3.05, 3.63) is 113 Å². The zero-order chi connectivity index (χ0) is 24.5. The monoisotopic (exact) mass is 484 g/mol. The third-order valence-corrected chi connectivity index (χ3v) is 6.11. The van der Waals surface area contributed by atoms with E-state index in [-0.39, 0.29) is 11.9 Å². The van der Waals surface area contributed by atoms with E-state index >= 15 is 0 Å². The highest BCUT2D eigenvalue weighted by atomic mass is 32.2. The lowest BCUT2D eigenvalue weighted by molar-refractivity contribution is 0.0526. The van der Waals surface area contributed by atoms with Gasteiger partial charge in [0.05, 0.1) is 18.4 Å². The van der Waals surface area contributed by atoms with Crippen LogP contribution < -0.4 is 5.43 Å². The highest BCUT2D eigenvalue weighted by Crippen LogP contribution is 2.23. The van der Waals surface area contributed by atoms with E-state index in [1.165, 1.54) is 11.1 Å². The molecule has 0 aliphatic heterocycles. The van der Waals surface area contributed by atoms with Crippen LogP contribution in [0.3, 0.4) is 0 Å². The number of carbonyl (C=O) groups excluding carboxylic acids is 2. The summed E-state index contributed by atoms with van der Waals surface area (Å²) < 4.78 is 10.8. The minimum Gasteiger partial charge on any atom is -0.462 e. The number of hydrogen-bond acceptors (Lipinski definition) is 6. The average Bonchev–Trinajstić information content (AvgIpc) is 3.37. The van der Waals surface area contributed by atoms with Crippen LogP contribution in [0.1, 0.15) is 39.0 Å². The Kier molecular flexibility index (Phi) is 8.14. The van der Waals surface area contributed by atoms with Gasteiger partial charge in [0.2, 0.25) is 0 Å². The smallest absolute Gasteiger partial charge is 0.338 e. The SMILES string of the molecule is CCOC(=O)c1ccc(-c2ccc(/C=N\NC(=O)c3ccc(CSc4ccccc4)cc3)o2)cc1. The van der Waals surface area contributed by atoms with Gasteiger partial charge in [0.25, 0.3) is 5.91 Å². The lowest BCUT2D eigenvalue weighted by Crippen LogP contribution is -2.17. The lowest BCUT2D eigenvalue weighted by Gasteiger charge is -2.04. The molecule has 7 heteroatoms. The van der Waals surface area contributed by atoms with Gasteiger partial charge in [-0.3, -0.25) is 4.79 Å². The number of rotatable bonds is 9. The van der Waals surface area contributed by atoms with Crippen molar-refractivity contribution in [3.63, 3.8) is 0 Å². The molecule has 4 rings (SSSR count). The predicted octanol–water partition coefficient (Wildman–Crippen LogP) is 6.18. The summed E-state index contributed by atoms with van der Waals surface area (Å²) >= 11 is 1.75. The molecule has 4 aromatic rings. The fourth-order valence-corrected chi connectivity index (χ4v) is 4.09. The molecule has 35 heavy (non-hydrogen) atoms. The standard InChI is InChI=1S/C28H24N2O4S/c1-2-33-28(32)23-14-12-21(13-15-23)26-17-16-24(34-26)18-29-30-27(31)22-10-8-20(9-11-22)19-35-25-6-4-3-5-7-25/h3-18H,2,19H2,1H3,(H,30,31)/b29-18-. The highest BCUT2D eigenvalue weighted by molar-refractivity contribution is 7.98. The normalized spacial score (nSPS) is 10.9. The molecule has 0 aliphatic rings. The number of amides is 1. The van der Waals surface area contributed by atoms with Crippen LogP contribution in [0.25, 0.3) is 11.3 Å². The first-order valence-corrected chi connectivity index (χ1v) is 12.1. The molecule has 1 amide bonds. The zero-order valence-electron chi connectivity index (χ0n) is 19.1. The second-order valence-electron chi connectivity index (χ2n) is 7.50. The van der Waals surface area contributed by atoms with Crippen molar-refractivity contribution in [1.82, 2.24) is 5.43 Å². The van der Waals surface area contributed by atoms with E-state index in [9.17, 15) is 9.59 Å². The maximum absolute atomic E-state index is 12.4. The van der Waals surface area contributed by atoms with Crippen molar-refractivity contribution in [2.75, 3.05) is 6.61 Å². The zero-order valence-corrected chi connectivity index (χ0v) is 20.0. The summed E-state index contributed by atoms with van der Waals surface area (Å²) in [5, 5.41) is 4.00. The van der Waals surface area contributed by atoms with E-state index < -0.39 is 0 Å². The minimum atomic E-state index is -0.359. The molecule has 0 saturated carbocycles. The van der Waals surface area contributed by atoms with Crippen LogP contribution in [0, 0.1) is 0 Å². The molecule has 0 fully saturated rings. The molecule has 1 aromatic heterocycles. The van der Waals surface area contributed by atoms with Crippen molar-refractivity contribution in [2.24, 2.45) is 5.10 Å². The summed E-state index contributed by atoms with van der Waals surface area (Å²) in [6, 6.07) is 28.2. The van der Waals surface area contributed by atoms with Crippen LogP contribution in [0.2, 0.25) is 0 Å². The Bertz CT molecular complexity index is 1300. The van der Waals surface area contributed by atoms with Gasteiger partial charge in [0, 0.05) is 21.8 Å². The summed E-state index contributed by atoms with van der Waals surface area (Å²) in [7, 11) is 0. The first-order chi connectivity index (χ1) is 17.1. The fourth-order valence-electron chi connectivity index (χ4n) is 3.22. The van der Waals surface area contributed by atoms with Gasteiger partial charge in [0.15, 0.2) is 0 Å². The number of esters is 1. The van der Waals surface area contributed by atoms with Crippen LogP contribution in [0.4, 0.5) is 0 Å². The van der Waals surface area contributed by atoms with E-state index in [1.54, 1.807) is 67.2 Å². The predicted molar refractivity (Wildman–Crippen MR) is 138 cm³/mol. The Morgan fingerprint density at radius 1 is 0.914 bits per heavy atom. The fraction of sp³-hybridized carbons (Fsp3) is 0.107. The quantitative estimate of drug-likeness (QED) is 0.133. The van der Waals surface area contributed by atoms with E-state index in [4.69, 9.17) is 9.15 Å². The van der Waals surface area contributed by atoms with Crippen LogP contribution in [0.5, 0.6) is 0 Å². The number of ether oxygens (including phenoxy) is 1. The second kappa shape index (κ2) is 11.9. The third-order valence-electron chi connectivity index (χ3n) is 5.03. The van der Waals surface area contributed by atoms with E-state index in [2.05, 4.69) is 22.7 Å². The number of benzene rings is 3. The Morgan fingerprint density at radius 3 is 2.34 bits per heavy atom. The lowest BCUT2D eigenvalue weighted by atomic mass is 10.1. The van der Waals surface area contributed by atoms with Crippen LogP contribution >= 0.6 is 11.8 Å². The molecule has 6 nitrogen and oxygen atoms in total. The Hall–Kier alpha value is -4.10. The number of hydrazone groups is 1. The number of hydrogen-bond donors (Lipinski definition) is 1. The molecule has 1 N–H and O–H groups in total. The molecule has 1 heterocycles. The van der Waals surface area contributed by atoms with E-state index in [1.807, 2.05) is 30.3 Å². The molecule has 176 valence electrons. The van der Waals surface area contributed by atoms with Gasteiger partial charge in [-0.1, -0.05) is 42.5 Å². The summed E-state index contributed by atoms with van der Waals surface area (Å²) in [4.78, 5) is 25.4. The van der Waals surface area contributed by atoms with Gasteiger partial charge in [-0.05, 0) is 61.0 Å². The van der Waals surface area contributed by atoms with Crippen molar-refractivity contribution in [3.8, 4) is 11.3 Å². The van der Waals surface area contributed by atoms with Crippen LogP contribution in [-0.2, 0) is 10.5 Å². The topological polar surface area (TPSA) is 80.9 Å². The second-order valence-corrected chi connectivity index (χ2v) is 8.55. The summed E-state index contributed by atoms with van der Waals surface area (Å²) in [5.41, 5.74) is 5.47. The molecule has 0 aliphatic carbocycles. The van der Waals surface area contributed by atoms with Crippen molar-refractivity contribution in [1.29, 1.82) is 0 Å². The Labute approximate surface area is 208 Å². The van der Waals surface area contributed by atoms with Gasteiger partial charge < -0.3 is 9.15 Å². The maximum atomic E-state index is 12.4. The summed E-state index contributed by atoms with van der Waals surface area (Å²) in [5.74, 6) is 1.28. The van der Waals surface area contributed by atoms with Crippen molar-refractivity contribution < 1.29 is 18.7 Å². The van der Waals surface area contributed by atoms with Crippen molar-refractivity contribution in [2.45, 2.75) is 17.6 Å². The number of thioether (sulfide) groups is 1. The maximum Gasteiger partial charge on any atom is 0.338 e.